The molecule has 8 heteroatoms. The summed E-state index contributed by atoms with van der Waals surface area (Å²) in [5.74, 6) is 0.442. The Morgan fingerprint density at radius 1 is 0.854 bits per heavy atom. The summed E-state index contributed by atoms with van der Waals surface area (Å²) in [6.07, 6.45) is 2.72. The van der Waals surface area contributed by atoms with E-state index in [2.05, 4.69) is 64.7 Å². The van der Waals surface area contributed by atoms with Gasteiger partial charge in [0, 0.05) is 43.5 Å². The Labute approximate surface area is 242 Å². The first-order chi connectivity index (χ1) is 20.0. The van der Waals surface area contributed by atoms with E-state index < -0.39 is 0 Å². The third-order valence-electron chi connectivity index (χ3n) is 7.84. The molecule has 0 bridgehead atoms. The van der Waals surface area contributed by atoms with Gasteiger partial charge in [0.2, 0.25) is 0 Å². The molecular weight excluding hydrogens is 532 g/mol. The number of carbonyl (C=O) groups excluding carboxylic acids is 2. The van der Waals surface area contributed by atoms with Crippen LogP contribution in [0.15, 0.2) is 89.5 Å². The Morgan fingerprint density at radius 2 is 1.61 bits per heavy atom. The minimum absolute atomic E-state index is 0.0389. The van der Waals surface area contributed by atoms with Crippen LogP contribution in [0.2, 0.25) is 0 Å². The van der Waals surface area contributed by atoms with Crippen molar-refractivity contribution >= 4 is 28.3 Å². The number of hydrogen-bond donors (Lipinski definition) is 1. The first-order valence-electron chi connectivity index (χ1n) is 13.7. The summed E-state index contributed by atoms with van der Waals surface area (Å²) in [6, 6.07) is 25.8. The van der Waals surface area contributed by atoms with Gasteiger partial charge >= 0.3 is 0 Å². The van der Waals surface area contributed by atoms with Gasteiger partial charge in [0.1, 0.15) is 5.76 Å². The highest BCUT2D eigenvalue weighted by molar-refractivity contribution is 7.19. The topological polar surface area (TPSA) is 78.7 Å². The lowest BCUT2D eigenvalue weighted by Crippen LogP contribution is -2.47. The van der Waals surface area contributed by atoms with Gasteiger partial charge in [0.25, 0.3) is 11.8 Å². The van der Waals surface area contributed by atoms with Crippen LogP contribution >= 0.6 is 11.3 Å². The molecule has 0 saturated carbocycles. The molecule has 7 nitrogen and oxygen atoms in total. The lowest BCUT2D eigenvalue weighted by molar-refractivity contribution is 0.0664. The predicted molar refractivity (Wildman–Crippen MR) is 161 cm³/mol. The van der Waals surface area contributed by atoms with E-state index in [9.17, 15) is 9.59 Å². The van der Waals surface area contributed by atoms with Gasteiger partial charge in [-0.25, -0.2) is 4.98 Å². The Hall–Kier alpha value is -4.53. The molecule has 5 aromatic rings. The van der Waals surface area contributed by atoms with E-state index in [-0.39, 0.29) is 17.6 Å². The van der Waals surface area contributed by atoms with E-state index >= 15 is 0 Å². The monoisotopic (exact) mass is 560 g/mol. The lowest BCUT2D eigenvalue weighted by Gasteiger charge is -2.32. The molecule has 0 unspecified atom stereocenters. The number of anilines is 1. The molecule has 3 aromatic carbocycles. The van der Waals surface area contributed by atoms with E-state index in [1.54, 1.807) is 18.3 Å². The fourth-order valence-electron chi connectivity index (χ4n) is 5.51. The Morgan fingerprint density at radius 3 is 2.44 bits per heavy atom. The lowest BCUT2D eigenvalue weighted by atomic mass is 10.0. The number of nitrogens with zero attached hydrogens (tertiary/aromatic N) is 3. The number of thiazole rings is 1. The molecule has 3 heterocycles. The molecule has 1 aliphatic heterocycles. The summed E-state index contributed by atoms with van der Waals surface area (Å²) >= 11 is 1.43. The van der Waals surface area contributed by atoms with Crippen molar-refractivity contribution in [3.05, 3.63) is 108 Å². The fourth-order valence-corrected chi connectivity index (χ4v) is 6.31. The number of hydrogen-bond acceptors (Lipinski definition) is 6. The zero-order valence-electron chi connectivity index (χ0n) is 22.6. The van der Waals surface area contributed by atoms with Crippen LogP contribution in [0.5, 0.6) is 0 Å². The SMILES string of the molecule is CN1CCN(C(=O)c2ccc(-c3ccc(C(=O)Nc4ncc(-c5ccc6c(c5)Cc5ccccc5-6)s4)o3)cc2)CC1. The number of rotatable bonds is 5. The largest absolute Gasteiger partial charge is 0.451 e. The molecule has 2 aromatic heterocycles. The summed E-state index contributed by atoms with van der Waals surface area (Å²) in [7, 11) is 2.07. The third kappa shape index (κ3) is 4.96. The van der Waals surface area contributed by atoms with Crippen LogP contribution in [-0.2, 0) is 6.42 Å². The Balaban J connectivity index is 1.01. The number of fused-ring (bicyclic) bond motifs is 3. The van der Waals surface area contributed by atoms with Crippen molar-refractivity contribution < 1.29 is 14.0 Å². The summed E-state index contributed by atoms with van der Waals surface area (Å²) in [5, 5.41) is 3.38. The molecule has 204 valence electrons. The molecule has 41 heavy (non-hydrogen) atoms. The van der Waals surface area contributed by atoms with E-state index in [4.69, 9.17) is 4.42 Å². The van der Waals surface area contributed by atoms with Crippen molar-refractivity contribution in [2.45, 2.75) is 6.42 Å². The number of furan rings is 1. The average molecular weight is 561 g/mol. The van der Waals surface area contributed by atoms with Crippen molar-refractivity contribution in [1.29, 1.82) is 0 Å². The van der Waals surface area contributed by atoms with Crippen LogP contribution in [-0.4, -0.2) is 59.8 Å². The van der Waals surface area contributed by atoms with E-state index in [0.29, 0.717) is 16.5 Å². The molecule has 2 aliphatic rings. The molecule has 1 saturated heterocycles. The van der Waals surface area contributed by atoms with E-state index in [1.807, 2.05) is 29.2 Å². The molecule has 2 amide bonds. The Kier molecular flexibility index (Phi) is 6.49. The summed E-state index contributed by atoms with van der Waals surface area (Å²) < 4.78 is 5.87. The predicted octanol–water partition coefficient (Wildman–Crippen LogP) is 6.28. The molecule has 1 fully saturated rings. The molecule has 1 N–H and O–H groups in total. The van der Waals surface area contributed by atoms with Crippen LogP contribution in [0.4, 0.5) is 5.13 Å². The highest BCUT2D eigenvalue weighted by atomic mass is 32.1. The van der Waals surface area contributed by atoms with Crippen molar-refractivity contribution in [1.82, 2.24) is 14.8 Å². The second-order valence-electron chi connectivity index (χ2n) is 10.5. The van der Waals surface area contributed by atoms with Gasteiger partial charge in [-0.2, -0.15) is 0 Å². The first-order valence-corrected chi connectivity index (χ1v) is 14.5. The van der Waals surface area contributed by atoms with E-state index in [0.717, 1.165) is 48.6 Å². The number of amides is 2. The van der Waals surface area contributed by atoms with Gasteiger partial charge in [0.15, 0.2) is 10.9 Å². The number of piperazine rings is 1. The van der Waals surface area contributed by atoms with Gasteiger partial charge in [-0.15, -0.1) is 0 Å². The van der Waals surface area contributed by atoms with Crippen molar-refractivity contribution in [3.63, 3.8) is 0 Å². The van der Waals surface area contributed by atoms with Crippen LogP contribution in [0.1, 0.15) is 32.0 Å². The number of nitrogens with one attached hydrogen (secondary N) is 1. The molecule has 0 atom stereocenters. The summed E-state index contributed by atoms with van der Waals surface area (Å²) in [5.41, 5.74) is 7.79. The third-order valence-corrected chi connectivity index (χ3v) is 8.80. The van der Waals surface area contributed by atoms with Crippen LogP contribution in [0.25, 0.3) is 32.9 Å². The Bertz CT molecular complexity index is 1760. The number of carbonyl (C=O) groups is 2. The van der Waals surface area contributed by atoms with Crippen LogP contribution in [0, 0.1) is 0 Å². The fraction of sp³-hybridized carbons (Fsp3) is 0.182. The minimum atomic E-state index is -0.358. The number of aromatic nitrogens is 1. The maximum Gasteiger partial charge on any atom is 0.293 e. The summed E-state index contributed by atoms with van der Waals surface area (Å²) in [6.45, 7) is 3.23. The second-order valence-corrected chi connectivity index (χ2v) is 11.6. The first kappa shape index (κ1) is 25.4. The smallest absolute Gasteiger partial charge is 0.293 e. The zero-order valence-corrected chi connectivity index (χ0v) is 23.4. The second kappa shape index (κ2) is 10.5. The van der Waals surface area contributed by atoms with Gasteiger partial charge in [0.05, 0.1) is 4.88 Å². The molecular formula is C33H28N4O3S. The normalized spacial score (nSPS) is 14.5. The van der Waals surface area contributed by atoms with Crippen molar-refractivity contribution in [2.24, 2.45) is 0 Å². The van der Waals surface area contributed by atoms with Gasteiger partial charge < -0.3 is 14.2 Å². The van der Waals surface area contributed by atoms with Gasteiger partial charge in [-0.1, -0.05) is 59.9 Å². The highest BCUT2D eigenvalue weighted by Gasteiger charge is 2.22. The maximum absolute atomic E-state index is 12.9. The standard InChI is InChI=1S/C33H28N4O3S/c1-36-14-16-37(17-15-36)32(39)22-8-6-21(7-9-22)28-12-13-29(40-28)31(38)35-33-34-20-30(41-33)24-10-11-27-25(19-24)18-23-4-2-3-5-26(23)27/h2-13,19-20H,14-18H2,1H3,(H,34,35,38). The van der Waals surface area contributed by atoms with Gasteiger partial charge in [-0.3, -0.25) is 14.9 Å². The molecule has 1 aliphatic carbocycles. The highest BCUT2D eigenvalue weighted by Crippen LogP contribution is 2.39. The number of benzene rings is 3. The van der Waals surface area contributed by atoms with Crippen LogP contribution < -0.4 is 5.32 Å². The van der Waals surface area contributed by atoms with Gasteiger partial charge in [-0.05, 0) is 71.6 Å². The minimum Gasteiger partial charge on any atom is -0.451 e. The van der Waals surface area contributed by atoms with Crippen LogP contribution in [0.3, 0.4) is 0 Å². The molecule has 0 spiro atoms. The van der Waals surface area contributed by atoms with Crippen molar-refractivity contribution in [3.8, 4) is 32.9 Å². The molecule has 7 rings (SSSR count). The maximum atomic E-state index is 12.9. The van der Waals surface area contributed by atoms with E-state index in [1.165, 1.54) is 33.6 Å². The quantitative estimate of drug-likeness (QED) is 0.269. The van der Waals surface area contributed by atoms with Crippen molar-refractivity contribution in [2.75, 3.05) is 38.5 Å². The zero-order chi connectivity index (χ0) is 27.9. The average Bonchev–Trinajstić information content (AvgIpc) is 3.76. The molecule has 0 radical (unpaired) electrons. The summed E-state index contributed by atoms with van der Waals surface area (Å²) in [4.78, 5) is 35.3. The number of likely N-dealkylation sites (N-methyl/N-ethyl adjacent to an activating group) is 1.